The quantitative estimate of drug-likeness (QED) is 0.763. The number of primary amides is 1. The highest BCUT2D eigenvalue weighted by Crippen LogP contribution is 2.21. The standard InChI is InChI=1S/C17H14ClN3O3/c1-9-15-13(10(8-22)7-20-9)6-14(16(19)23)17(24-15)21-12-4-2-11(18)3-5-12/h2-7,22H,8H2,1H3,(H2,19,23). The Kier molecular flexibility index (Phi) is 4.33. The molecule has 2 aromatic heterocycles. The number of halogens is 1. The van der Waals surface area contributed by atoms with Crippen molar-refractivity contribution >= 4 is 34.2 Å². The number of nitrogens with zero attached hydrogens (tertiary/aromatic N) is 2. The van der Waals surface area contributed by atoms with Crippen molar-refractivity contribution in [1.29, 1.82) is 0 Å². The zero-order valence-electron chi connectivity index (χ0n) is 12.8. The number of fused-ring (bicyclic) bond motifs is 1. The minimum atomic E-state index is -0.674. The Bertz CT molecular complexity index is 994. The average molecular weight is 344 g/mol. The first-order valence-corrected chi connectivity index (χ1v) is 7.50. The Hall–Kier alpha value is -2.70. The van der Waals surface area contributed by atoms with Crippen molar-refractivity contribution < 1.29 is 14.3 Å². The molecule has 6 nitrogen and oxygen atoms in total. The van der Waals surface area contributed by atoms with Gasteiger partial charge in [-0.25, -0.2) is 4.99 Å². The van der Waals surface area contributed by atoms with Crippen LogP contribution in [0.1, 0.15) is 21.6 Å². The Balaban J connectivity index is 2.34. The second-order valence-electron chi connectivity index (χ2n) is 5.19. The van der Waals surface area contributed by atoms with Crippen LogP contribution in [0.25, 0.3) is 11.0 Å². The van der Waals surface area contributed by atoms with Crippen LogP contribution in [0.3, 0.4) is 0 Å². The predicted octanol–water partition coefficient (Wildman–Crippen LogP) is 2.61. The third-order valence-electron chi connectivity index (χ3n) is 3.54. The minimum absolute atomic E-state index is 0.0808. The molecule has 0 atom stereocenters. The van der Waals surface area contributed by atoms with Gasteiger partial charge in [0.25, 0.3) is 5.91 Å². The lowest BCUT2D eigenvalue weighted by molar-refractivity contribution is 0.0996. The first-order valence-electron chi connectivity index (χ1n) is 7.13. The normalized spacial score (nSPS) is 11.9. The minimum Gasteiger partial charge on any atom is -0.436 e. The van der Waals surface area contributed by atoms with E-state index in [0.717, 1.165) is 0 Å². The molecule has 3 rings (SSSR count). The van der Waals surface area contributed by atoms with Gasteiger partial charge < -0.3 is 15.3 Å². The molecule has 1 aromatic carbocycles. The van der Waals surface area contributed by atoms with Gasteiger partial charge >= 0.3 is 0 Å². The molecule has 0 saturated heterocycles. The number of rotatable bonds is 3. The van der Waals surface area contributed by atoms with Crippen molar-refractivity contribution in [3.8, 4) is 0 Å². The number of benzene rings is 1. The lowest BCUT2D eigenvalue weighted by Crippen LogP contribution is -2.22. The predicted molar refractivity (Wildman–Crippen MR) is 89.9 cm³/mol. The van der Waals surface area contributed by atoms with Crippen LogP contribution >= 0.6 is 11.6 Å². The van der Waals surface area contributed by atoms with Crippen LogP contribution in [0.15, 0.2) is 45.9 Å². The van der Waals surface area contributed by atoms with Gasteiger partial charge in [-0.1, -0.05) is 11.6 Å². The highest BCUT2D eigenvalue weighted by atomic mass is 35.5. The van der Waals surface area contributed by atoms with Crippen molar-refractivity contribution in [1.82, 2.24) is 4.98 Å². The zero-order valence-corrected chi connectivity index (χ0v) is 13.5. The van der Waals surface area contributed by atoms with Crippen LogP contribution in [0.5, 0.6) is 0 Å². The molecule has 24 heavy (non-hydrogen) atoms. The first kappa shape index (κ1) is 16.2. The van der Waals surface area contributed by atoms with Crippen molar-refractivity contribution in [2.45, 2.75) is 13.5 Å². The largest absolute Gasteiger partial charge is 0.436 e. The van der Waals surface area contributed by atoms with Crippen molar-refractivity contribution in [3.63, 3.8) is 0 Å². The van der Waals surface area contributed by atoms with Crippen molar-refractivity contribution in [2.24, 2.45) is 10.7 Å². The maximum Gasteiger partial charge on any atom is 0.254 e. The molecule has 3 aromatic rings. The van der Waals surface area contributed by atoms with Crippen LogP contribution in [-0.4, -0.2) is 16.0 Å². The van der Waals surface area contributed by atoms with E-state index < -0.39 is 5.91 Å². The SMILES string of the molecule is Cc1ncc(CO)c2cc(C(N)=O)c(=Nc3ccc(Cl)cc3)oc12. The molecule has 7 heteroatoms. The molecule has 2 heterocycles. The highest BCUT2D eigenvalue weighted by molar-refractivity contribution is 6.30. The summed E-state index contributed by atoms with van der Waals surface area (Å²) in [7, 11) is 0. The Morgan fingerprint density at radius 3 is 2.71 bits per heavy atom. The number of hydrogen-bond donors (Lipinski definition) is 2. The summed E-state index contributed by atoms with van der Waals surface area (Å²) in [6.45, 7) is 1.54. The maximum atomic E-state index is 11.8. The Morgan fingerprint density at radius 2 is 2.08 bits per heavy atom. The average Bonchev–Trinajstić information content (AvgIpc) is 2.57. The van der Waals surface area contributed by atoms with E-state index in [1.807, 2.05) is 0 Å². The molecule has 0 radical (unpaired) electrons. The van der Waals surface area contributed by atoms with Gasteiger partial charge in [0.15, 0.2) is 5.58 Å². The van der Waals surface area contributed by atoms with E-state index >= 15 is 0 Å². The van der Waals surface area contributed by atoms with Gasteiger partial charge in [0.05, 0.1) is 18.0 Å². The van der Waals surface area contributed by atoms with E-state index in [-0.39, 0.29) is 17.7 Å². The molecular formula is C17H14ClN3O3. The van der Waals surface area contributed by atoms with E-state index in [2.05, 4.69) is 9.98 Å². The summed E-state index contributed by atoms with van der Waals surface area (Å²) in [6.07, 6.45) is 1.54. The van der Waals surface area contributed by atoms with Gasteiger partial charge in [-0.05, 0) is 37.3 Å². The molecule has 0 aliphatic rings. The number of aliphatic hydroxyl groups is 1. The molecule has 0 aliphatic heterocycles. The maximum absolute atomic E-state index is 11.8. The van der Waals surface area contributed by atoms with Gasteiger partial charge in [-0.3, -0.25) is 9.78 Å². The summed E-state index contributed by atoms with van der Waals surface area (Å²) in [6, 6.07) is 8.32. The number of amides is 1. The van der Waals surface area contributed by atoms with Crippen LogP contribution in [0, 0.1) is 6.92 Å². The van der Waals surface area contributed by atoms with E-state index in [9.17, 15) is 9.90 Å². The number of hydrogen-bond acceptors (Lipinski definition) is 5. The summed E-state index contributed by atoms with van der Waals surface area (Å²) in [5.74, 6) is -0.674. The first-order chi connectivity index (χ1) is 11.5. The number of aliphatic hydroxyl groups excluding tert-OH is 1. The number of nitrogens with two attached hydrogens (primary N) is 1. The molecule has 1 amide bonds. The molecule has 122 valence electrons. The fourth-order valence-corrected chi connectivity index (χ4v) is 2.43. The number of carbonyl (C=O) groups excluding carboxylic acids is 1. The number of aromatic nitrogens is 1. The highest BCUT2D eigenvalue weighted by Gasteiger charge is 2.14. The molecule has 0 unspecified atom stereocenters. The molecule has 3 N–H and O–H groups in total. The summed E-state index contributed by atoms with van der Waals surface area (Å²) >= 11 is 5.86. The summed E-state index contributed by atoms with van der Waals surface area (Å²) in [5, 5.41) is 10.6. The third kappa shape index (κ3) is 3.02. The van der Waals surface area contributed by atoms with Gasteiger partial charge in [-0.2, -0.15) is 0 Å². The van der Waals surface area contributed by atoms with Crippen LogP contribution in [-0.2, 0) is 6.61 Å². The van der Waals surface area contributed by atoms with E-state index in [0.29, 0.717) is 32.9 Å². The van der Waals surface area contributed by atoms with Crippen LogP contribution < -0.4 is 11.3 Å². The second kappa shape index (κ2) is 6.43. The lowest BCUT2D eigenvalue weighted by atomic mass is 10.1. The lowest BCUT2D eigenvalue weighted by Gasteiger charge is -2.07. The van der Waals surface area contributed by atoms with Gasteiger partial charge in [0.2, 0.25) is 5.55 Å². The Labute approximate surface area is 142 Å². The van der Waals surface area contributed by atoms with E-state index in [1.54, 1.807) is 37.3 Å². The molecule has 0 fully saturated rings. The molecule has 0 saturated carbocycles. The topological polar surface area (TPSA) is 102 Å². The second-order valence-corrected chi connectivity index (χ2v) is 5.62. The van der Waals surface area contributed by atoms with E-state index in [4.69, 9.17) is 21.8 Å². The molecule has 0 aliphatic carbocycles. The third-order valence-corrected chi connectivity index (χ3v) is 3.80. The molecule has 0 spiro atoms. The summed E-state index contributed by atoms with van der Waals surface area (Å²) in [5.41, 5.74) is 7.82. The number of aryl methyl sites for hydroxylation is 1. The fraction of sp³-hybridized carbons (Fsp3) is 0.118. The molecule has 0 bridgehead atoms. The summed E-state index contributed by atoms with van der Waals surface area (Å²) < 4.78 is 5.79. The zero-order chi connectivity index (χ0) is 17.3. The smallest absolute Gasteiger partial charge is 0.254 e. The molecular weight excluding hydrogens is 330 g/mol. The van der Waals surface area contributed by atoms with Gasteiger partial charge in [0.1, 0.15) is 5.56 Å². The van der Waals surface area contributed by atoms with Crippen molar-refractivity contribution in [3.05, 3.63) is 63.9 Å². The van der Waals surface area contributed by atoms with Crippen LogP contribution in [0.2, 0.25) is 5.02 Å². The Morgan fingerprint density at radius 1 is 1.38 bits per heavy atom. The van der Waals surface area contributed by atoms with Crippen LogP contribution in [0.4, 0.5) is 5.69 Å². The van der Waals surface area contributed by atoms with Crippen molar-refractivity contribution in [2.75, 3.05) is 0 Å². The number of carbonyl (C=O) groups is 1. The van der Waals surface area contributed by atoms with Gasteiger partial charge in [-0.15, -0.1) is 0 Å². The summed E-state index contributed by atoms with van der Waals surface area (Å²) in [4.78, 5) is 20.3. The fourth-order valence-electron chi connectivity index (χ4n) is 2.31. The number of pyridine rings is 1. The van der Waals surface area contributed by atoms with E-state index in [1.165, 1.54) is 6.20 Å². The monoisotopic (exact) mass is 343 g/mol. The van der Waals surface area contributed by atoms with Gasteiger partial charge in [0, 0.05) is 22.2 Å².